The number of H-pyrrole nitrogens is 1. The van der Waals surface area contributed by atoms with Gasteiger partial charge in [-0.05, 0) is 24.3 Å². The number of nitrogens with zero attached hydrogens (tertiary/aromatic N) is 7. The maximum Gasteiger partial charge on any atom is 0.227 e. The summed E-state index contributed by atoms with van der Waals surface area (Å²) in [6.07, 6.45) is 5.63. The van der Waals surface area contributed by atoms with Gasteiger partial charge in [0.15, 0.2) is 0 Å². The van der Waals surface area contributed by atoms with Gasteiger partial charge in [-0.25, -0.2) is 23.9 Å². The molecule has 0 saturated carbocycles. The van der Waals surface area contributed by atoms with Crippen LogP contribution in [-0.2, 0) is 6.42 Å². The Morgan fingerprint density at radius 1 is 1.30 bits per heavy atom. The number of nitriles is 1. The first-order chi connectivity index (χ1) is 13.2. The Morgan fingerprint density at radius 3 is 3.07 bits per heavy atom. The molecule has 1 aliphatic heterocycles. The van der Waals surface area contributed by atoms with Crippen LogP contribution >= 0.6 is 0 Å². The molecule has 5 heterocycles. The van der Waals surface area contributed by atoms with Crippen LogP contribution in [0.5, 0.6) is 0 Å². The van der Waals surface area contributed by atoms with E-state index in [1.54, 1.807) is 36.9 Å². The molecule has 27 heavy (non-hydrogen) atoms. The Labute approximate surface area is 152 Å². The molecule has 5 rings (SSSR count). The van der Waals surface area contributed by atoms with Gasteiger partial charge in [0.2, 0.25) is 5.95 Å². The van der Waals surface area contributed by atoms with Gasteiger partial charge in [0.1, 0.15) is 29.1 Å². The molecule has 0 radical (unpaired) electrons. The topological polar surface area (TPSA) is 98.8 Å². The molecule has 0 fully saturated rings. The molecule has 9 heteroatoms. The zero-order valence-electron chi connectivity index (χ0n) is 14.0. The van der Waals surface area contributed by atoms with Crippen molar-refractivity contribution in [2.24, 2.45) is 0 Å². The highest BCUT2D eigenvalue weighted by molar-refractivity contribution is 5.53. The van der Waals surface area contributed by atoms with E-state index in [0.29, 0.717) is 23.7 Å². The Morgan fingerprint density at radius 2 is 2.22 bits per heavy atom. The molecule has 0 amide bonds. The number of aromatic nitrogens is 6. The van der Waals surface area contributed by atoms with Crippen molar-refractivity contribution in [3.63, 3.8) is 0 Å². The van der Waals surface area contributed by atoms with Crippen molar-refractivity contribution >= 4 is 11.5 Å². The van der Waals surface area contributed by atoms with Gasteiger partial charge in [0.25, 0.3) is 0 Å². The number of hydrogen-bond donors (Lipinski definition) is 1. The van der Waals surface area contributed by atoms with Crippen molar-refractivity contribution in [3.05, 3.63) is 71.6 Å². The van der Waals surface area contributed by atoms with Crippen LogP contribution in [0.25, 0.3) is 5.52 Å². The fourth-order valence-electron chi connectivity index (χ4n) is 3.47. The average molecular weight is 360 g/mol. The summed E-state index contributed by atoms with van der Waals surface area (Å²) in [4.78, 5) is 18.2. The minimum Gasteiger partial charge on any atom is -0.348 e. The van der Waals surface area contributed by atoms with Crippen molar-refractivity contribution in [2.45, 2.75) is 12.5 Å². The van der Waals surface area contributed by atoms with Crippen LogP contribution in [0.3, 0.4) is 0 Å². The zero-order valence-corrected chi connectivity index (χ0v) is 14.0. The van der Waals surface area contributed by atoms with Crippen LogP contribution in [-0.4, -0.2) is 36.1 Å². The van der Waals surface area contributed by atoms with Crippen LogP contribution in [0.1, 0.15) is 28.8 Å². The van der Waals surface area contributed by atoms with E-state index in [9.17, 15) is 4.39 Å². The molecule has 0 bridgehead atoms. The highest BCUT2D eigenvalue weighted by Gasteiger charge is 2.34. The van der Waals surface area contributed by atoms with E-state index >= 15 is 0 Å². The van der Waals surface area contributed by atoms with Crippen molar-refractivity contribution in [2.75, 3.05) is 11.4 Å². The van der Waals surface area contributed by atoms with Gasteiger partial charge in [-0.15, -0.1) is 0 Å². The SMILES string of the molecule is N#Cc1ccnc(N2CCc3[nH]cnc3[C@@H]2c2cc3c(F)cccn3n2)n1. The van der Waals surface area contributed by atoms with Gasteiger partial charge in [0.05, 0.1) is 17.7 Å². The number of halogens is 1. The molecule has 1 N–H and O–H groups in total. The molecule has 4 aromatic rings. The van der Waals surface area contributed by atoms with E-state index < -0.39 is 0 Å². The summed E-state index contributed by atoms with van der Waals surface area (Å²) in [5.74, 6) is 0.0776. The minimum atomic E-state index is -0.381. The average Bonchev–Trinajstić information content (AvgIpc) is 3.34. The predicted octanol–water partition coefficient (Wildman–Crippen LogP) is 2.01. The van der Waals surface area contributed by atoms with Crippen LogP contribution in [0.2, 0.25) is 0 Å². The van der Waals surface area contributed by atoms with E-state index in [1.165, 1.54) is 10.6 Å². The molecular formula is C18H13FN8. The van der Waals surface area contributed by atoms with Crippen LogP contribution in [0.15, 0.2) is 43.0 Å². The predicted molar refractivity (Wildman–Crippen MR) is 93.4 cm³/mol. The Balaban J connectivity index is 1.69. The van der Waals surface area contributed by atoms with Gasteiger partial charge < -0.3 is 9.88 Å². The lowest BCUT2D eigenvalue weighted by Gasteiger charge is -2.33. The molecule has 0 saturated heterocycles. The number of imidazole rings is 1. The number of aromatic amines is 1. The number of fused-ring (bicyclic) bond motifs is 2. The maximum atomic E-state index is 14.2. The summed E-state index contributed by atoms with van der Waals surface area (Å²) in [5, 5.41) is 13.7. The third kappa shape index (κ3) is 2.42. The van der Waals surface area contributed by atoms with E-state index in [-0.39, 0.29) is 17.6 Å². The van der Waals surface area contributed by atoms with Crippen LogP contribution in [0, 0.1) is 17.1 Å². The largest absolute Gasteiger partial charge is 0.348 e. The Hall–Kier alpha value is -3.80. The number of rotatable bonds is 2. The van der Waals surface area contributed by atoms with Gasteiger partial charge in [-0.2, -0.15) is 10.4 Å². The summed E-state index contributed by atoms with van der Waals surface area (Å²) in [5.41, 5.74) is 3.12. The van der Waals surface area contributed by atoms with Gasteiger partial charge in [0, 0.05) is 31.1 Å². The number of hydrogen-bond acceptors (Lipinski definition) is 6. The van der Waals surface area contributed by atoms with Crippen LogP contribution < -0.4 is 4.90 Å². The lowest BCUT2D eigenvalue weighted by atomic mass is 10.00. The molecule has 1 atom stereocenters. The molecule has 0 aliphatic carbocycles. The minimum absolute atomic E-state index is 0.285. The Bertz CT molecular complexity index is 1190. The van der Waals surface area contributed by atoms with E-state index in [4.69, 9.17) is 5.26 Å². The second kappa shape index (κ2) is 5.88. The standard InChI is InChI=1S/C18H13FN8/c19-12-2-1-6-27-15(12)8-14(25-27)17-16-13(22-10-23-16)4-7-26(17)18-21-5-3-11(9-20)24-18/h1-3,5-6,8,10,17H,4,7H2,(H,22,23)/t17-/m0/s1. The molecule has 4 aromatic heterocycles. The number of nitrogens with one attached hydrogen (secondary N) is 1. The smallest absolute Gasteiger partial charge is 0.227 e. The fraction of sp³-hybridized carbons (Fsp3) is 0.167. The summed E-state index contributed by atoms with van der Waals surface area (Å²) in [6, 6.07) is 7.94. The van der Waals surface area contributed by atoms with Gasteiger partial charge in [-0.3, -0.25) is 0 Å². The number of anilines is 1. The van der Waals surface area contributed by atoms with Gasteiger partial charge in [-0.1, -0.05) is 0 Å². The first kappa shape index (κ1) is 15.5. The summed E-state index contributed by atoms with van der Waals surface area (Å²) in [6.45, 7) is 0.616. The van der Waals surface area contributed by atoms with E-state index in [2.05, 4.69) is 25.0 Å². The maximum absolute atomic E-state index is 14.2. The molecule has 0 aromatic carbocycles. The highest BCUT2D eigenvalue weighted by atomic mass is 19.1. The molecule has 8 nitrogen and oxygen atoms in total. The summed E-state index contributed by atoms with van der Waals surface area (Å²) >= 11 is 0. The summed E-state index contributed by atoms with van der Waals surface area (Å²) < 4.78 is 15.7. The lowest BCUT2D eigenvalue weighted by molar-refractivity contribution is 0.601. The molecule has 132 valence electrons. The quantitative estimate of drug-likeness (QED) is 0.587. The number of pyridine rings is 1. The van der Waals surface area contributed by atoms with E-state index in [1.807, 2.05) is 11.0 Å². The van der Waals surface area contributed by atoms with E-state index in [0.717, 1.165) is 17.8 Å². The molecule has 1 aliphatic rings. The van der Waals surface area contributed by atoms with Crippen molar-refractivity contribution < 1.29 is 4.39 Å². The third-order valence-corrected chi connectivity index (χ3v) is 4.69. The second-order valence-corrected chi connectivity index (χ2v) is 6.22. The molecule has 0 spiro atoms. The molecule has 0 unspecified atom stereocenters. The van der Waals surface area contributed by atoms with Gasteiger partial charge >= 0.3 is 0 Å². The Kier molecular flexibility index (Phi) is 3.36. The summed E-state index contributed by atoms with van der Waals surface area (Å²) in [7, 11) is 0. The lowest BCUT2D eigenvalue weighted by Crippen LogP contribution is -2.37. The third-order valence-electron chi connectivity index (χ3n) is 4.69. The fourth-order valence-corrected chi connectivity index (χ4v) is 3.47. The normalized spacial score (nSPS) is 16.3. The first-order valence-electron chi connectivity index (χ1n) is 8.40. The van der Waals surface area contributed by atoms with Crippen molar-refractivity contribution in [3.8, 4) is 6.07 Å². The second-order valence-electron chi connectivity index (χ2n) is 6.22. The van der Waals surface area contributed by atoms with Crippen molar-refractivity contribution in [1.29, 1.82) is 5.26 Å². The zero-order chi connectivity index (χ0) is 18.4. The van der Waals surface area contributed by atoms with Crippen molar-refractivity contribution in [1.82, 2.24) is 29.5 Å². The highest BCUT2D eigenvalue weighted by Crippen LogP contribution is 2.35. The van der Waals surface area contributed by atoms with Crippen LogP contribution in [0.4, 0.5) is 10.3 Å². The first-order valence-corrected chi connectivity index (χ1v) is 8.40. The molecular weight excluding hydrogens is 347 g/mol. The monoisotopic (exact) mass is 360 g/mol.